The molecule has 0 unspecified atom stereocenters. The summed E-state index contributed by atoms with van der Waals surface area (Å²) in [4.78, 5) is 11.2. The van der Waals surface area contributed by atoms with Gasteiger partial charge in [0.05, 0.1) is 29.8 Å². The molecule has 3 aromatic heterocycles. The maximum atomic E-state index is 13.0. The summed E-state index contributed by atoms with van der Waals surface area (Å²) >= 11 is 0. The van der Waals surface area contributed by atoms with E-state index < -0.39 is 6.17 Å². The second kappa shape index (κ2) is 9.90. The van der Waals surface area contributed by atoms with Crippen molar-refractivity contribution >= 4 is 28.3 Å². The summed E-state index contributed by atoms with van der Waals surface area (Å²) in [6.07, 6.45) is 3.03. The Balaban J connectivity index is 0.000000195. The van der Waals surface area contributed by atoms with Gasteiger partial charge in [-0.1, -0.05) is 6.07 Å². The number of likely N-dealkylation sites (tertiary alicyclic amines) is 1. The first-order chi connectivity index (χ1) is 17.7. The second-order valence-corrected chi connectivity index (χ2v) is 10.6. The molecule has 0 radical (unpaired) electrons. The van der Waals surface area contributed by atoms with Crippen LogP contribution in [0.4, 0.5) is 16.2 Å². The number of halogens is 1. The van der Waals surface area contributed by atoms with Crippen LogP contribution in [0.1, 0.15) is 45.5 Å². The molecule has 5 heterocycles. The van der Waals surface area contributed by atoms with Gasteiger partial charge in [0.15, 0.2) is 5.82 Å². The Morgan fingerprint density at radius 2 is 2.00 bits per heavy atom. The van der Waals surface area contributed by atoms with E-state index in [1.807, 2.05) is 26.2 Å². The van der Waals surface area contributed by atoms with Crippen LogP contribution in [0, 0.1) is 6.92 Å². The molecule has 3 N–H and O–H groups in total. The first-order valence-electron chi connectivity index (χ1n) is 13.0. The van der Waals surface area contributed by atoms with Gasteiger partial charge in [-0.05, 0) is 70.8 Å². The molecule has 0 amide bonds. The Kier molecular flexibility index (Phi) is 6.80. The van der Waals surface area contributed by atoms with Crippen LogP contribution in [0.3, 0.4) is 0 Å². The number of hydrogen-bond donors (Lipinski definition) is 2. The number of aromatic nitrogens is 5. The molecule has 1 atom stereocenters. The van der Waals surface area contributed by atoms with E-state index in [0.29, 0.717) is 18.4 Å². The van der Waals surface area contributed by atoms with E-state index in [4.69, 9.17) is 10.5 Å². The lowest BCUT2D eigenvalue weighted by Crippen LogP contribution is -2.62. The molecule has 6 rings (SSSR count). The Labute approximate surface area is 216 Å². The minimum atomic E-state index is -0.615. The third-order valence-corrected chi connectivity index (χ3v) is 7.41. The Hall–Kier alpha value is -3.24. The number of imidazole rings is 1. The number of anilines is 2. The van der Waals surface area contributed by atoms with Gasteiger partial charge in [0.1, 0.15) is 17.5 Å². The van der Waals surface area contributed by atoms with Crippen molar-refractivity contribution in [1.29, 1.82) is 0 Å². The first-order valence-corrected chi connectivity index (χ1v) is 13.0. The molecular formula is C27H37FN8O. The number of aryl methyl sites for hydroxylation is 1. The average molecular weight is 509 g/mol. The fourth-order valence-corrected chi connectivity index (χ4v) is 5.48. The number of alkyl halides is 1. The lowest BCUT2D eigenvalue weighted by atomic mass is 9.94. The summed E-state index contributed by atoms with van der Waals surface area (Å²) in [5.74, 6) is 1.97. The normalized spacial score (nSPS) is 19.6. The van der Waals surface area contributed by atoms with Gasteiger partial charge in [-0.3, -0.25) is 4.90 Å². The van der Waals surface area contributed by atoms with Gasteiger partial charge in [0, 0.05) is 31.4 Å². The van der Waals surface area contributed by atoms with Crippen LogP contribution in [0.2, 0.25) is 0 Å². The number of nitrogens with two attached hydrogens (primary N) is 1. The van der Waals surface area contributed by atoms with Gasteiger partial charge in [-0.25, -0.2) is 13.9 Å². The van der Waals surface area contributed by atoms with Crippen LogP contribution < -0.4 is 11.1 Å². The van der Waals surface area contributed by atoms with Crippen molar-refractivity contribution in [3.05, 3.63) is 36.3 Å². The standard InChI is InChI=1S/C18H21N7.C9H16FNO/c1-10(2)25-11(3)21-14-6-5-12(9-15(14)25)13-7-8-24-16(13)17(20-4)22-18(19)23-24;1-9(6-12-7-9)11-4-2-3-8(10)5-11/h5-10H,1-4H3,(H3,19,20,22,23);8H,2-7H2,1H3/t;8-/m.1/s1. The molecule has 2 aliphatic heterocycles. The van der Waals surface area contributed by atoms with Crippen molar-refractivity contribution in [3.63, 3.8) is 0 Å². The lowest BCUT2D eigenvalue weighted by molar-refractivity contribution is -0.141. The van der Waals surface area contributed by atoms with Crippen LogP contribution in [0.25, 0.3) is 27.7 Å². The second-order valence-electron chi connectivity index (χ2n) is 10.6. The van der Waals surface area contributed by atoms with Crippen LogP contribution in [0.5, 0.6) is 0 Å². The fraction of sp³-hybridized carbons (Fsp3) is 0.519. The highest BCUT2D eigenvalue weighted by Gasteiger charge is 2.41. The van der Waals surface area contributed by atoms with Crippen LogP contribution in [-0.4, -0.2) is 74.1 Å². The van der Waals surface area contributed by atoms with E-state index in [0.717, 1.165) is 66.1 Å². The monoisotopic (exact) mass is 508 g/mol. The number of nitrogens with zero attached hydrogens (tertiary/aromatic N) is 6. The van der Waals surface area contributed by atoms with Gasteiger partial charge in [-0.15, -0.1) is 5.10 Å². The third kappa shape index (κ3) is 4.75. The molecular weight excluding hydrogens is 471 g/mol. The third-order valence-electron chi connectivity index (χ3n) is 7.41. The average Bonchev–Trinajstić information content (AvgIpc) is 3.42. The minimum Gasteiger partial charge on any atom is -0.377 e. The maximum Gasteiger partial charge on any atom is 0.240 e. The number of piperidine rings is 1. The lowest BCUT2D eigenvalue weighted by Gasteiger charge is -2.49. The van der Waals surface area contributed by atoms with Gasteiger partial charge in [-0.2, -0.15) is 4.98 Å². The summed E-state index contributed by atoms with van der Waals surface area (Å²) in [5, 5.41) is 7.38. The number of fused-ring (bicyclic) bond motifs is 2. The number of nitrogens with one attached hydrogen (secondary N) is 1. The minimum absolute atomic E-state index is 0.144. The summed E-state index contributed by atoms with van der Waals surface area (Å²) in [7, 11) is 1.83. The van der Waals surface area contributed by atoms with E-state index in [9.17, 15) is 4.39 Å². The summed E-state index contributed by atoms with van der Waals surface area (Å²) in [6, 6.07) is 8.72. The number of ether oxygens (including phenoxy) is 1. The molecule has 1 aromatic carbocycles. The highest BCUT2D eigenvalue weighted by molar-refractivity contribution is 5.92. The zero-order chi connectivity index (χ0) is 26.3. The van der Waals surface area contributed by atoms with Gasteiger partial charge in [0.25, 0.3) is 0 Å². The molecule has 0 aliphatic carbocycles. The number of hydrogen-bond acceptors (Lipinski definition) is 7. The summed E-state index contributed by atoms with van der Waals surface area (Å²) in [6.45, 7) is 11.8. The molecule has 37 heavy (non-hydrogen) atoms. The SMILES string of the molecule is CC1(N2CCC[C@@H](F)C2)COC1.CNc1nc(N)nn2ccc(-c3ccc4nc(C)n(C(C)C)c4c3)c12. The molecule has 2 aliphatic rings. The van der Waals surface area contributed by atoms with Gasteiger partial charge < -0.3 is 20.4 Å². The maximum absolute atomic E-state index is 13.0. The largest absolute Gasteiger partial charge is 0.377 e. The molecule has 198 valence electrons. The Morgan fingerprint density at radius 1 is 1.22 bits per heavy atom. The van der Waals surface area contributed by atoms with Crippen LogP contribution in [0.15, 0.2) is 30.5 Å². The zero-order valence-corrected chi connectivity index (χ0v) is 22.3. The van der Waals surface area contributed by atoms with Gasteiger partial charge in [0.2, 0.25) is 5.95 Å². The molecule has 0 bridgehead atoms. The van der Waals surface area contributed by atoms with Crippen LogP contribution >= 0.6 is 0 Å². The Bertz CT molecular complexity index is 1410. The smallest absolute Gasteiger partial charge is 0.240 e. The van der Waals surface area contributed by atoms with E-state index in [2.05, 4.69) is 68.8 Å². The fourth-order valence-electron chi connectivity index (χ4n) is 5.48. The summed E-state index contributed by atoms with van der Waals surface area (Å²) in [5.41, 5.74) is 11.1. The summed E-state index contributed by atoms with van der Waals surface area (Å²) < 4.78 is 22.2. The molecule has 0 saturated carbocycles. The molecule has 2 fully saturated rings. The van der Waals surface area contributed by atoms with Crippen molar-refractivity contribution in [2.75, 3.05) is 44.4 Å². The van der Waals surface area contributed by atoms with Crippen molar-refractivity contribution in [3.8, 4) is 11.1 Å². The number of rotatable bonds is 4. The van der Waals surface area contributed by atoms with Crippen LogP contribution in [-0.2, 0) is 4.74 Å². The predicted molar refractivity (Wildman–Crippen MR) is 146 cm³/mol. The van der Waals surface area contributed by atoms with E-state index in [1.165, 1.54) is 0 Å². The molecule has 4 aromatic rings. The molecule has 10 heteroatoms. The Morgan fingerprint density at radius 3 is 2.65 bits per heavy atom. The van der Waals surface area contributed by atoms with E-state index in [-0.39, 0.29) is 11.5 Å². The molecule has 9 nitrogen and oxygen atoms in total. The first kappa shape index (κ1) is 25.4. The zero-order valence-electron chi connectivity index (χ0n) is 22.3. The quantitative estimate of drug-likeness (QED) is 0.420. The van der Waals surface area contributed by atoms with E-state index in [1.54, 1.807) is 4.52 Å². The number of nitrogen functional groups attached to an aromatic ring is 1. The number of benzene rings is 1. The van der Waals surface area contributed by atoms with Crippen molar-refractivity contribution < 1.29 is 9.13 Å². The topological polar surface area (TPSA) is 98.5 Å². The van der Waals surface area contributed by atoms with Crippen molar-refractivity contribution in [2.24, 2.45) is 0 Å². The van der Waals surface area contributed by atoms with E-state index >= 15 is 0 Å². The highest BCUT2D eigenvalue weighted by Crippen LogP contribution is 2.33. The van der Waals surface area contributed by atoms with Crippen molar-refractivity contribution in [2.45, 2.75) is 58.3 Å². The van der Waals surface area contributed by atoms with Gasteiger partial charge >= 0.3 is 0 Å². The predicted octanol–water partition coefficient (Wildman–Crippen LogP) is 4.47. The highest BCUT2D eigenvalue weighted by atomic mass is 19.1. The van der Waals surface area contributed by atoms with Crippen molar-refractivity contribution in [1.82, 2.24) is 29.0 Å². The molecule has 2 saturated heterocycles. The molecule has 0 spiro atoms.